The van der Waals surface area contributed by atoms with Crippen molar-refractivity contribution in [2.24, 2.45) is 0 Å². The lowest BCUT2D eigenvalue weighted by atomic mass is 9.99. The van der Waals surface area contributed by atoms with Crippen LogP contribution in [-0.2, 0) is 5.88 Å². The number of nitrogens with zero attached hydrogens (tertiary/aromatic N) is 1. The maximum absolute atomic E-state index is 6.23. The molecule has 1 aromatic carbocycles. The zero-order valence-electron chi connectivity index (χ0n) is 10.3. The smallest absolute Gasteiger partial charge is 0.0488 e. The van der Waals surface area contributed by atoms with Gasteiger partial charge < -0.3 is 4.90 Å². The number of piperidine rings is 1. The highest BCUT2D eigenvalue weighted by Gasteiger charge is 2.21. The van der Waals surface area contributed by atoms with Crippen LogP contribution in [-0.4, -0.2) is 12.6 Å². The van der Waals surface area contributed by atoms with E-state index in [0.29, 0.717) is 11.9 Å². The van der Waals surface area contributed by atoms with Crippen LogP contribution in [0.1, 0.15) is 38.2 Å². The summed E-state index contributed by atoms with van der Waals surface area (Å²) in [6, 6.07) is 6.93. The van der Waals surface area contributed by atoms with Gasteiger partial charge >= 0.3 is 0 Å². The number of hydrogen-bond donors (Lipinski definition) is 0. The van der Waals surface area contributed by atoms with Crippen LogP contribution in [0.5, 0.6) is 0 Å². The largest absolute Gasteiger partial charge is 0.369 e. The average Bonchev–Trinajstić information content (AvgIpc) is 2.38. The van der Waals surface area contributed by atoms with Crippen LogP contribution in [0.2, 0.25) is 5.02 Å². The Balaban J connectivity index is 2.23. The molecule has 1 aliphatic rings. The summed E-state index contributed by atoms with van der Waals surface area (Å²) in [7, 11) is 0. The molecule has 94 valence electrons. The van der Waals surface area contributed by atoms with Crippen molar-refractivity contribution < 1.29 is 0 Å². The summed E-state index contributed by atoms with van der Waals surface area (Å²) < 4.78 is 0. The summed E-state index contributed by atoms with van der Waals surface area (Å²) in [6.45, 7) is 3.41. The van der Waals surface area contributed by atoms with Crippen LogP contribution in [0.3, 0.4) is 0 Å². The lowest BCUT2D eigenvalue weighted by Gasteiger charge is -2.37. The molecule has 0 saturated carbocycles. The van der Waals surface area contributed by atoms with Gasteiger partial charge in [0.1, 0.15) is 0 Å². The Morgan fingerprint density at radius 1 is 1.35 bits per heavy atom. The highest BCUT2D eigenvalue weighted by molar-refractivity contribution is 6.32. The predicted molar refractivity (Wildman–Crippen MR) is 76.3 cm³/mol. The molecule has 0 aromatic heterocycles. The Morgan fingerprint density at radius 3 is 2.82 bits per heavy atom. The number of rotatable bonds is 3. The van der Waals surface area contributed by atoms with E-state index in [0.717, 1.165) is 17.1 Å². The minimum Gasteiger partial charge on any atom is -0.369 e. The standard InChI is InChI=1S/C14H19Cl2N/c1-2-12-5-3-4-8-17(12)13-7-6-11(10-15)14(16)9-13/h6-7,9,12H,2-5,8,10H2,1H3. The van der Waals surface area contributed by atoms with Gasteiger partial charge in [0.2, 0.25) is 0 Å². The van der Waals surface area contributed by atoms with Gasteiger partial charge in [-0.2, -0.15) is 0 Å². The van der Waals surface area contributed by atoms with Gasteiger partial charge in [-0.1, -0.05) is 24.6 Å². The molecule has 1 aliphatic heterocycles. The normalized spacial score (nSPS) is 20.6. The third kappa shape index (κ3) is 2.89. The number of alkyl halides is 1. The van der Waals surface area contributed by atoms with Crippen molar-refractivity contribution in [3.63, 3.8) is 0 Å². The summed E-state index contributed by atoms with van der Waals surface area (Å²) in [5, 5.41) is 0.790. The predicted octanol–water partition coefficient (Wildman–Crippen LogP) is 4.85. The second-order valence-electron chi connectivity index (χ2n) is 4.66. The molecule has 0 N–H and O–H groups in total. The van der Waals surface area contributed by atoms with Gasteiger partial charge in [-0.15, -0.1) is 11.6 Å². The monoisotopic (exact) mass is 271 g/mol. The molecule has 1 heterocycles. The Hall–Kier alpha value is -0.400. The van der Waals surface area contributed by atoms with Gasteiger partial charge in [-0.05, 0) is 43.4 Å². The molecule has 1 unspecified atom stereocenters. The topological polar surface area (TPSA) is 3.24 Å². The van der Waals surface area contributed by atoms with Crippen LogP contribution in [0.15, 0.2) is 18.2 Å². The molecule has 0 amide bonds. The highest BCUT2D eigenvalue weighted by Crippen LogP contribution is 2.30. The van der Waals surface area contributed by atoms with E-state index in [2.05, 4.69) is 24.0 Å². The highest BCUT2D eigenvalue weighted by atomic mass is 35.5. The van der Waals surface area contributed by atoms with Crippen molar-refractivity contribution in [1.82, 2.24) is 0 Å². The van der Waals surface area contributed by atoms with Gasteiger partial charge in [0.15, 0.2) is 0 Å². The quantitative estimate of drug-likeness (QED) is 0.711. The van der Waals surface area contributed by atoms with Gasteiger partial charge in [0.25, 0.3) is 0 Å². The first-order valence-electron chi connectivity index (χ1n) is 6.37. The average molecular weight is 272 g/mol. The molecular weight excluding hydrogens is 253 g/mol. The van der Waals surface area contributed by atoms with E-state index in [1.54, 1.807) is 0 Å². The maximum atomic E-state index is 6.23. The van der Waals surface area contributed by atoms with E-state index in [-0.39, 0.29) is 0 Å². The fourth-order valence-electron chi connectivity index (χ4n) is 2.59. The summed E-state index contributed by atoms with van der Waals surface area (Å²) in [5.74, 6) is 0.482. The van der Waals surface area contributed by atoms with Crippen molar-refractivity contribution in [1.29, 1.82) is 0 Å². The van der Waals surface area contributed by atoms with Gasteiger partial charge in [-0.3, -0.25) is 0 Å². The van der Waals surface area contributed by atoms with Crippen LogP contribution < -0.4 is 4.90 Å². The van der Waals surface area contributed by atoms with Crippen molar-refractivity contribution >= 4 is 28.9 Å². The number of halogens is 2. The zero-order chi connectivity index (χ0) is 12.3. The number of benzene rings is 1. The molecule has 1 aromatic rings. The first-order chi connectivity index (χ1) is 8.26. The lowest BCUT2D eigenvalue weighted by Crippen LogP contribution is -2.39. The van der Waals surface area contributed by atoms with E-state index < -0.39 is 0 Å². The van der Waals surface area contributed by atoms with Crippen molar-refractivity contribution in [3.05, 3.63) is 28.8 Å². The SMILES string of the molecule is CCC1CCCCN1c1ccc(CCl)c(Cl)c1. The molecular formula is C14H19Cl2N. The molecule has 0 spiro atoms. The van der Waals surface area contributed by atoms with Gasteiger partial charge in [0, 0.05) is 29.2 Å². The molecule has 1 nitrogen and oxygen atoms in total. The first kappa shape index (κ1) is 13.0. The van der Waals surface area contributed by atoms with Crippen molar-refractivity contribution in [2.75, 3.05) is 11.4 Å². The Labute approximate surface area is 114 Å². The third-order valence-electron chi connectivity index (χ3n) is 3.61. The Kier molecular flexibility index (Phi) is 4.58. The second kappa shape index (κ2) is 5.97. The van der Waals surface area contributed by atoms with E-state index in [1.807, 2.05) is 6.07 Å². The summed E-state index contributed by atoms with van der Waals surface area (Å²) in [6.07, 6.45) is 5.13. The molecule has 2 rings (SSSR count). The minimum atomic E-state index is 0.482. The lowest BCUT2D eigenvalue weighted by molar-refractivity contribution is 0.450. The maximum Gasteiger partial charge on any atom is 0.0488 e. The van der Waals surface area contributed by atoms with E-state index in [4.69, 9.17) is 23.2 Å². The summed E-state index contributed by atoms with van der Waals surface area (Å²) in [4.78, 5) is 2.49. The molecule has 0 bridgehead atoms. The van der Waals surface area contributed by atoms with E-state index in [9.17, 15) is 0 Å². The fraction of sp³-hybridized carbons (Fsp3) is 0.571. The molecule has 0 aliphatic carbocycles. The third-order valence-corrected chi connectivity index (χ3v) is 4.25. The Morgan fingerprint density at radius 2 is 2.18 bits per heavy atom. The van der Waals surface area contributed by atoms with Gasteiger partial charge in [0.05, 0.1) is 0 Å². The molecule has 0 radical (unpaired) electrons. The zero-order valence-corrected chi connectivity index (χ0v) is 11.8. The van der Waals surface area contributed by atoms with Crippen molar-refractivity contribution in [3.8, 4) is 0 Å². The summed E-state index contributed by atoms with van der Waals surface area (Å²) >= 11 is 12.1. The Bertz CT molecular complexity index is 378. The minimum absolute atomic E-state index is 0.482. The molecule has 1 saturated heterocycles. The molecule has 17 heavy (non-hydrogen) atoms. The summed E-state index contributed by atoms with van der Waals surface area (Å²) in [5.41, 5.74) is 2.26. The first-order valence-corrected chi connectivity index (χ1v) is 7.28. The van der Waals surface area contributed by atoms with Gasteiger partial charge in [-0.25, -0.2) is 0 Å². The second-order valence-corrected chi connectivity index (χ2v) is 5.34. The van der Waals surface area contributed by atoms with E-state index in [1.165, 1.54) is 31.4 Å². The number of anilines is 1. The molecule has 1 atom stereocenters. The van der Waals surface area contributed by atoms with Crippen LogP contribution in [0.25, 0.3) is 0 Å². The van der Waals surface area contributed by atoms with Crippen LogP contribution in [0.4, 0.5) is 5.69 Å². The van der Waals surface area contributed by atoms with Crippen LogP contribution in [0, 0.1) is 0 Å². The number of hydrogen-bond acceptors (Lipinski definition) is 1. The van der Waals surface area contributed by atoms with Crippen molar-refractivity contribution in [2.45, 2.75) is 44.5 Å². The van der Waals surface area contributed by atoms with E-state index >= 15 is 0 Å². The molecule has 3 heteroatoms. The molecule has 1 fully saturated rings. The van der Waals surface area contributed by atoms with Crippen LogP contribution >= 0.6 is 23.2 Å². The fourth-order valence-corrected chi connectivity index (χ4v) is 3.13.